The molecule has 2 aromatic carbocycles. The molecule has 0 spiro atoms. The second-order valence-corrected chi connectivity index (χ2v) is 8.67. The molecule has 170 valence electrons. The first-order valence-corrected chi connectivity index (χ1v) is 10.9. The van der Waals surface area contributed by atoms with Crippen molar-refractivity contribution in [2.24, 2.45) is 0 Å². The minimum atomic E-state index is -3.95. The predicted molar refractivity (Wildman–Crippen MR) is 111 cm³/mol. The lowest BCUT2D eigenvalue weighted by molar-refractivity contribution is -0.385. The summed E-state index contributed by atoms with van der Waals surface area (Å²) in [5.41, 5.74) is -0.0332. The zero-order valence-corrected chi connectivity index (χ0v) is 17.5. The Hall–Kier alpha value is -3.38. The smallest absolute Gasteiger partial charge is 0.387 e. The molecular weight excluding hydrogens is 448 g/mol. The molecule has 0 atom stereocenters. The summed E-state index contributed by atoms with van der Waals surface area (Å²) in [6.07, 6.45) is 2.56. The number of piperazine rings is 1. The van der Waals surface area contributed by atoms with E-state index in [1.165, 1.54) is 53.5 Å². The van der Waals surface area contributed by atoms with Gasteiger partial charge in [-0.05, 0) is 18.2 Å². The van der Waals surface area contributed by atoms with E-state index in [2.05, 4.69) is 4.74 Å². The number of nitro groups is 1. The average Bonchev–Trinajstić information content (AvgIpc) is 2.78. The maximum absolute atomic E-state index is 12.8. The van der Waals surface area contributed by atoms with Gasteiger partial charge in [-0.1, -0.05) is 24.3 Å². The summed E-state index contributed by atoms with van der Waals surface area (Å²) in [6, 6.07) is 10.8. The van der Waals surface area contributed by atoms with Gasteiger partial charge in [0.15, 0.2) is 0 Å². The van der Waals surface area contributed by atoms with Gasteiger partial charge < -0.3 is 9.64 Å². The lowest BCUT2D eigenvalue weighted by Crippen LogP contribution is -2.50. The van der Waals surface area contributed by atoms with E-state index in [0.717, 1.165) is 10.4 Å². The molecule has 3 rings (SSSR count). The largest absolute Gasteiger partial charge is 0.434 e. The van der Waals surface area contributed by atoms with Crippen molar-refractivity contribution >= 4 is 27.7 Å². The van der Waals surface area contributed by atoms with Gasteiger partial charge in [0.05, 0.1) is 9.82 Å². The van der Waals surface area contributed by atoms with Crippen LogP contribution in [0.2, 0.25) is 0 Å². The standard InChI is InChI=1S/C20H19F2N3O6S/c21-20(22)31-18-7-2-1-4-15(18)8-9-19(26)23-10-12-24(13-11-23)32(29,30)17-6-3-5-16(14-17)25(27)28/h1-9,14,20H,10-13H2/b9-8+. The molecule has 0 aromatic heterocycles. The van der Waals surface area contributed by atoms with Gasteiger partial charge in [-0.3, -0.25) is 14.9 Å². The molecule has 0 aliphatic carbocycles. The van der Waals surface area contributed by atoms with Crippen molar-refractivity contribution in [3.63, 3.8) is 0 Å². The number of hydrogen-bond donors (Lipinski definition) is 0. The molecule has 1 amide bonds. The van der Waals surface area contributed by atoms with Crippen molar-refractivity contribution in [1.29, 1.82) is 0 Å². The topological polar surface area (TPSA) is 110 Å². The molecular formula is C20H19F2N3O6S. The summed E-state index contributed by atoms with van der Waals surface area (Å²) in [5.74, 6) is -0.483. The number of hydrogen-bond acceptors (Lipinski definition) is 6. The zero-order chi connectivity index (χ0) is 23.3. The van der Waals surface area contributed by atoms with Crippen LogP contribution in [0.25, 0.3) is 6.08 Å². The number of carbonyl (C=O) groups excluding carboxylic acids is 1. The van der Waals surface area contributed by atoms with E-state index in [-0.39, 0.29) is 42.5 Å². The second-order valence-electron chi connectivity index (χ2n) is 6.73. The van der Waals surface area contributed by atoms with Crippen LogP contribution in [0.5, 0.6) is 5.75 Å². The molecule has 12 heteroatoms. The number of non-ortho nitro benzene ring substituents is 1. The van der Waals surface area contributed by atoms with E-state index in [1.807, 2.05) is 0 Å². The van der Waals surface area contributed by atoms with Crippen LogP contribution in [0.3, 0.4) is 0 Å². The number of benzene rings is 2. The number of carbonyl (C=O) groups is 1. The van der Waals surface area contributed by atoms with Gasteiger partial charge in [0.2, 0.25) is 15.9 Å². The third-order valence-corrected chi connectivity index (χ3v) is 6.65. The number of ether oxygens (including phenoxy) is 1. The molecule has 0 N–H and O–H groups in total. The molecule has 0 saturated carbocycles. The number of amides is 1. The van der Waals surface area contributed by atoms with Crippen LogP contribution >= 0.6 is 0 Å². The Morgan fingerprint density at radius 1 is 1.09 bits per heavy atom. The molecule has 1 saturated heterocycles. The lowest BCUT2D eigenvalue weighted by atomic mass is 10.2. The average molecular weight is 467 g/mol. The fourth-order valence-corrected chi connectivity index (χ4v) is 4.61. The molecule has 1 fully saturated rings. The maximum atomic E-state index is 12.8. The van der Waals surface area contributed by atoms with Crippen LogP contribution in [0.1, 0.15) is 5.56 Å². The number of para-hydroxylation sites is 1. The Morgan fingerprint density at radius 2 is 1.78 bits per heavy atom. The molecule has 0 bridgehead atoms. The fraction of sp³-hybridized carbons (Fsp3) is 0.250. The molecule has 0 unspecified atom stereocenters. The third-order valence-electron chi connectivity index (χ3n) is 4.76. The zero-order valence-electron chi connectivity index (χ0n) is 16.6. The van der Waals surface area contributed by atoms with E-state index >= 15 is 0 Å². The van der Waals surface area contributed by atoms with Crippen LogP contribution in [0.15, 0.2) is 59.5 Å². The summed E-state index contributed by atoms with van der Waals surface area (Å²) in [4.78, 5) is 23.9. The van der Waals surface area contributed by atoms with Crippen LogP contribution in [0, 0.1) is 10.1 Å². The highest BCUT2D eigenvalue weighted by Crippen LogP contribution is 2.23. The van der Waals surface area contributed by atoms with Crippen LogP contribution < -0.4 is 4.74 Å². The number of sulfonamides is 1. The normalized spacial score (nSPS) is 15.3. The second kappa shape index (κ2) is 9.83. The van der Waals surface area contributed by atoms with Crippen molar-refractivity contribution in [1.82, 2.24) is 9.21 Å². The van der Waals surface area contributed by atoms with Gasteiger partial charge >= 0.3 is 6.61 Å². The van der Waals surface area contributed by atoms with Crippen LogP contribution in [0.4, 0.5) is 14.5 Å². The van der Waals surface area contributed by atoms with E-state index in [1.54, 1.807) is 6.07 Å². The molecule has 1 aliphatic heterocycles. The summed E-state index contributed by atoms with van der Waals surface area (Å²) >= 11 is 0. The van der Waals surface area contributed by atoms with Crippen molar-refractivity contribution in [2.75, 3.05) is 26.2 Å². The monoisotopic (exact) mass is 467 g/mol. The Labute approximate surface area is 182 Å². The summed E-state index contributed by atoms with van der Waals surface area (Å²) < 4.78 is 56.1. The maximum Gasteiger partial charge on any atom is 0.387 e. The highest BCUT2D eigenvalue weighted by Gasteiger charge is 2.30. The Morgan fingerprint density at radius 3 is 2.44 bits per heavy atom. The molecule has 1 heterocycles. The number of nitro benzene ring substituents is 1. The number of alkyl halides is 2. The van der Waals surface area contributed by atoms with Crippen molar-refractivity contribution in [2.45, 2.75) is 11.5 Å². The van der Waals surface area contributed by atoms with Crippen molar-refractivity contribution in [3.8, 4) is 5.75 Å². The summed E-state index contributed by atoms with van der Waals surface area (Å²) in [6.45, 7) is -2.77. The highest BCUT2D eigenvalue weighted by atomic mass is 32.2. The van der Waals surface area contributed by atoms with Gasteiger partial charge in [0.1, 0.15) is 5.75 Å². The van der Waals surface area contributed by atoms with Gasteiger partial charge in [-0.25, -0.2) is 8.42 Å². The first kappa shape index (κ1) is 23.3. The van der Waals surface area contributed by atoms with Crippen molar-refractivity contribution in [3.05, 3.63) is 70.3 Å². The molecule has 0 radical (unpaired) electrons. The first-order valence-electron chi connectivity index (χ1n) is 9.44. The minimum Gasteiger partial charge on any atom is -0.434 e. The SMILES string of the molecule is O=C(/C=C/c1ccccc1OC(F)F)N1CCN(S(=O)(=O)c2cccc([N+](=O)[O-])c2)CC1. The van der Waals surface area contributed by atoms with Gasteiger partial charge in [-0.2, -0.15) is 13.1 Å². The van der Waals surface area contributed by atoms with Gasteiger partial charge in [0, 0.05) is 50.0 Å². The quantitative estimate of drug-likeness (QED) is 0.352. The fourth-order valence-electron chi connectivity index (χ4n) is 3.14. The Balaban J connectivity index is 1.64. The first-order chi connectivity index (χ1) is 15.2. The van der Waals surface area contributed by atoms with Gasteiger partial charge in [-0.15, -0.1) is 0 Å². The Kier molecular flexibility index (Phi) is 7.15. The van der Waals surface area contributed by atoms with Crippen LogP contribution in [-0.4, -0.2) is 61.2 Å². The number of halogens is 2. The minimum absolute atomic E-state index is 0.00961. The van der Waals surface area contributed by atoms with E-state index in [9.17, 15) is 32.1 Å². The van der Waals surface area contributed by atoms with Crippen LogP contribution in [-0.2, 0) is 14.8 Å². The van der Waals surface area contributed by atoms with E-state index < -0.39 is 27.5 Å². The molecule has 2 aromatic rings. The lowest BCUT2D eigenvalue weighted by Gasteiger charge is -2.33. The number of rotatable bonds is 7. The highest BCUT2D eigenvalue weighted by molar-refractivity contribution is 7.89. The predicted octanol–water partition coefficient (Wildman–Crippen LogP) is 2.74. The molecule has 9 nitrogen and oxygen atoms in total. The molecule has 1 aliphatic rings. The Bertz CT molecular complexity index is 1130. The number of nitrogens with zero attached hydrogens (tertiary/aromatic N) is 3. The summed E-state index contributed by atoms with van der Waals surface area (Å²) in [5, 5.41) is 10.9. The molecule has 32 heavy (non-hydrogen) atoms. The van der Waals surface area contributed by atoms with E-state index in [0.29, 0.717) is 5.56 Å². The van der Waals surface area contributed by atoms with E-state index in [4.69, 9.17) is 0 Å². The van der Waals surface area contributed by atoms with Gasteiger partial charge in [0.25, 0.3) is 5.69 Å². The third kappa shape index (κ3) is 5.45. The summed E-state index contributed by atoms with van der Waals surface area (Å²) in [7, 11) is -3.95. The van der Waals surface area contributed by atoms with Crippen molar-refractivity contribution < 1.29 is 31.7 Å².